The molecule has 0 unspecified atom stereocenters. The van der Waals surface area contributed by atoms with Crippen molar-refractivity contribution in [3.63, 3.8) is 0 Å². The van der Waals surface area contributed by atoms with Crippen LogP contribution in [0.2, 0.25) is 0 Å². The predicted molar refractivity (Wildman–Crippen MR) is 132 cm³/mol. The third-order valence-corrected chi connectivity index (χ3v) is 6.31. The van der Waals surface area contributed by atoms with Gasteiger partial charge in [0.15, 0.2) is 5.78 Å². The van der Waals surface area contributed by atoms with E-state index in [1.165, 1.54) is 0 Å². The molecule has 2 aromatic carbocycles. The summed E-state index contributed by atoms with van der Waals surface area (Å²) in [7, 11) is 0. The molecule has 6 heteroatoms. The van der Waals surface area contributed by atoms with E-state index in [9.17, 15) is 9.90 Å². The molecular weight excluding hydrogens is 505 g/mol. The van der Waals surface area contributed by atoms with E-state index in [-0.39, 0.29) is 5.78 Å². The van der Waals surface area contributed by atoms with Gasteiger partial charge in [-0.25, -0.2) is 0 Å². The molecule has 0 bridgehead atoms. The number of aliphatic hydroxyl groups is 1. The molecule has 1 N–H and O–H groups in total. The van der Waals surface area contributed by atoms with Crippen LogP contribution in [0.3, 0.4) is 0 Å². The number of likely N-dealkylation sites (N-methyl/N-ethyl adjacent to an activating group) is 1. The second-order valence-corrected chi connectivity index (χ2v) is 8.65. The Morgan fingerprint density at radius 3 is 2.58 bits per heavy atom. The van der Waals surface area contributed by atoms with E-state index in [1.54, 1.807) is 6.07 Å². The number of nitrogens with zero attached hydrogens (tertiary/aromatic N) is 1. The molecule has 0 saturated heterocycles. The Labute approximate surface area is 197 Å². The summed E-state index contributed by atoms with van der Waals surface area (Å²) in [6.07, 6.45) is 0.526. The number of benzene rings is 2. The van der Waals surface area contributed by atoms with Crippen molar-refractivity contribution in [1.82, 2.24) is 4.90 Å². The maximum atomic E-state index is 13.5. The molecule has 0 spiro atoms. The number of carbonyl (C=O) groups excluding carboxylic acids is 1. The SMILES string of the molecule is CCC[C@@H](O)c1oc2ccccc2c1C(=O)c1ccc(OCCN(CC)CC)c(I)c1. The lowest BCUT2D eigenvalue weighted by molar-refractivity contribution is 0.102. The molecule has 3 rings (SSSR count). The van der Waals surface area contributed by atoms with Gasteiger partial charge in [-0.2, -0.15) is 0 Å². The van der Waals surface area contributed by atoms with Gasteiger partial charge in [-0.3, -0.25) is 4.79 Å². The van der Waals surface area contributed by atoms with E-state index in [0.29, 0.717) is 35.5 Å². The van der Waals surface area contributed by atoms with Gasteiger partial charge in [0.2, 0.25) is 0 Å². The molecule has 1 aromatic heterocycles. The smallest absolute Gasteiger partial charge is 0.197 e. The molecule has 166 valence electrons. The zero-order chi connectivity index (χ0) is 22.4. The first-order valence-corrected chi connectivity index (χ1v) is 12.0. The molecule has 0 amide bonds. The Morgan fingerprint density at radius 1 is 1.16 bits per heavy atom. The molecule has 0 aliphatic heterocycles. The third-order valence-electron chi connectivity index (χ3n) is 5.47. The van der Waals surface area contributed by atoms with Crippen molar-refractivity contribution in [2.45, 2.75) is 39.7 Å². The number of aliphatic hydroxyl groups excluding tert-OH is 1. The van der Waals surface area contributed by atoms with Gasteiger partial charge in [-0.15, -0.1) is 0 Å². The van der Waals surface area contributed by atoms with Crippen LogP contribution in [0.5, 0.6) is 5.75 Å². The first kappa shape index (κ1) is 23.8. The molecule has 0 aliphatic rings. The number of rotatable bonds is 11. The van der Waals surface area contributed by atoms with Gasteiger partial charge in [0, 0.05) is 17.5 Å². The monoisotopic (exact) mass is 535 g/mol. The van der Waals surface area contributed by atoms with E-state index in [2.05, 4.69) is 41.3 Å². The van der Waals surface area contributed by atoms with Crippen LogP contribution in [0.1, 0.15) is 61.4 Å². The first-order valence-electron chi connectivity index (χ1n) is 10.9. The summed E-state index contributed by atoms with van der Waals surface area (Å²) in [5, 5.41) is 11.3. The van der Waals surface area contributed by atoms with Crippen molar-refractivity contribution in [3.05, 3.63) is 62.9 Å². The minimum Gasteiger partial charge on any atom is -0.491 e. The number of ketones is 1. The number of furan rings is 1. The fraction of sp³-hybridized carbons (Fsp3) is 0.400. The Morgan fingerprint density at radius 2 is 1.90 bits per heavy atom. The number of hydrogen-bond donors (Lipinski definition) is 1. The maximum Gasteiger partial charge on any atom is 0.197 e. The standard InChI is InChI=1S/C25H30INO4/c1-4-9-20(28)25-23(18-10-7-8-11-21(18)31-25)24(29)17-12-13-22(19(26)16-17)30-15-14-27(5-2)6-3/h7-8,10-13,16,20,28H,4-6,9,14-15H2,1-3H3/t20-/m1/s1. The van der Waals surface area contributed by atoms with Crippen molar-refractivity contribution in [2.24, 2.45) is 0 Å². The molecule has 0 saturated carbocycles. The Bertz CT molecular complexity index is 1030. The number of carbonyl (C=O) groups is 1. The van der Waals surface area contributed by atoms with Crippen molar-refractivity contribution < 1.29 is 19.1 Å². The molecule has 0 fully saturated rings. The van der Waals surface area contributed by atoms with Crippen molar-refractivity contribution in [1.29, 1.82) is 0 Å². The summed E-state index contributed by atoms with van der Waals surface area (Å²) < 4.78 is 12.7. The summed E-state index contributed by atoms with van der Waals surface area (Å²) >= 11 is 2.20. The Hall–Kier alpha value is -1.90. The lowest BCUT2D eigenvalue weighted by atomic mass is 9.97. The van der Waals surface area contributed by atoms with Crippen molar-refractivity contribution >= 4 is 39.3 Å². The van der Waals surface area contributed by atoms with Gasteiger partial charge < -0.3 is 19.2 Å². The number of hydrogen-bond acceptors (Lipinski definition) is 5. The van der Waals surface area contributed by atoms with Crippen molar-refractivity contribution in [3.8, 4) is 5.75 Å². The highest BCUT2D eigenvalue weighted by molar-refractivity contribution is 14.1. The summed E-state index contributed by atoms with van der Waals surface area (Å²) in [4.78, 5) is 15.8. The number of halogens is 1. The molecule has 1 heterocycles. The van der Waals surface area contributed by atoms with Crippen LogP contribution in [0, 0.1) is 3.57 Å². The number of fused-ring (bicyclic) bond motifs is 1. The van der Waals surface area contributed by atoms with E-state index >= 15 is 0 Å². The van der Waals surface area contributed by atoms with Gasteiger partial charge in [0.25, 0.3) is 0 Å². The summed E-state index contributed by atoms with van der Waals surface area (Å²) in [6, 6.07) is 12.9. The van der Waals surface area contributed by atoms with Crippen LogP contribution in [0.15, 0.2) is 46.9 Å². The highest BCUT2D eigenvalue weighted by atomic mass is 127. The average molecular weight is 535 g/mol. The summed E-state index contributed by atoms with van der Waals surface area (Å²) in [5.74, 6) is 0.970. The Kier molecular flexibility index (Phi) is 8.51. The number of ether oxygens (including phenoxy) is 1. The minimum atomic E-state index is -0.807. The largest absolute Gasteiger partial charge is 0.491 e. The van der Waals surface area contributed by atoms with Gasteiger partial charge in [-0.1, -0.05) is 45.4 Å². The highest BCUT2D eigenvalue weighted by Crippen LogP contribution is 2.34. The van der Waals surface area contributed by atoms with Gasteiger partial charge in [0.1, 0.15) is 29.8 Å². The van der Waals surface area contributed by atoms with Crippen LogP contribution in [-0.4, -0.2) is 42.0 Å². The second-order valence-electron chi connectivity index (χ2n) is 7.49. The first-order chi connectivity index (χ1) is 15.0. The molecule has 5 nitrogen and oxygen atoms in total. The van der Waals surface area contributed by atoms with Crippen molar-refractivity contribution in [2.75, 3.05) is 26.2 Å². The topological polar surface area (TPSA) is 62.9 Å². The summed E-state index contributed by atoms with van der Waals surface area (Å²) in [6.45, 7) is 9.73. The lowest BCUT2D eigenvalue weighted by Crippen LogP contribution is -2.28. The zero-order valence-electron chi connectivity index (χ0n) is 18.4. The molecule has 0 aliphatic carbocycles. The van der Waals surface area contributed by atoms with Crippen LogP contribution in [0.4, 0.5) is 0 Å². The summed E-state index contributed by atoms with van der Waals surface area (Å²) in [5.41, 5.74) is 1.61. The Balaban J connectivity index is 1.87. The maximum absolute atomic E-state index is 13.5. The van der Waals surface area contributed by atoms with E-state index in [4.69, 9.17) is 9.15 Å². The van der Waals surface area contributed by atoms with Crippen LogP contribution in [0.25, 0.3) is 11.0 Å². The molecule has 31 heavy (non-hydrogen) atoms. The lowest BCUT2D eigenvalue weighted by Gasteiger charge is -2.18. The van der Waals surface area contributed by atoms with Gasteiger partial charge in [0.05, 0.1) is 9.13 Å². The predicted octanol–water partition coefficient (Wildman–Crippen LogP) is 5.82. The average Bonchev–Trinajstić information content (AvgIpc) is 3.17. The quantitative estimate of drug-likeness (QED) is 0.248. The molecular formula is C25H30INO4. The highest BCUT2D eigenvalue weighted by Gasteiger charge is 2.26. The minimum absolute atomic E-state index is 0.150. The molecule has 0 radical (unpaired) electrons. The zero-order valence-corrected chi connectivity index (χ0v) is 20.5. The second kappa shape index (κ2) is 11.1. The van der Waals surface area contributed by atoms with Gasteiger partial charge >= 0.3 is 0 Å². The molecule has 1 atom stereocenters. The van der Waals surface area contributed by atoms with Crippen LogP contribution >= 0.6 is 22.6 Å². The van der Waals surface area contributed by atoms with E-state index in [1.807, 2.05) is 43.3 Å². The van der Waals surface area contributed by atoms with E-state index < -0.39 is 6.10 Å². The third kappa shape index (κ3) is 5.48. The van der Waals surface area contributed by atoms with Crippen LogP contribution in [-0.2, 0) is 0 Å². The fourth-order valence-corrected chi connectivity index (χ4v) is 4.34. The van der Waals surface area contributed by atoms with Crippen LogP contribution < -0.4 is 4.74 Å². The molecule has 3 aromatic rings. The fourth-order valence-electron chi connectivity index (χ4n) is 3.67. The van der Waals surface area contributed by atoms with Gasteiger partial charge in [-0.05, 0) is 66.4 Å². The van der Waals surface area contributed by atoms with E-state index in [0.717, 1.165) is 40.8 Å². The normalized spacial score (nSPS) is 12.5. The number of para-hydroxylation sites is 1.